The lowest BCUT2D eigenvalue weighted by atomic mass is 9.92. The van der Waals surface area contributed by atoms with Gasteiger partial charge in [-0.15, -0.1) is 0 Å². The minimum atomic E-state index is -0.993. The molecule has 0 aliphatic rings. The Morgan fingerprint density at radius 2 is 2.06 bits per heavy atom. The minimum absolute atomic E-state index is 0.244. The fourth-order valence-electron chi connectivity index (χ4n) is 1.58. The van der Waals surface area contributed by atoms with E-state index in [4.69, 9.17) is 21.1 Å². The molecule has 0 radical (unpaired) electrons. The Balaban J connectivity index is 3.10. The van der Waals surface area contributed by atoms with Crippen LogP contribution in [0.3, 0.4) is 0 Å². The van der Waals surface area contributed by atoms with Gasteiger partial charge in [-0.25, -0.2) is 0 Å². The summed E-state index contributed by atoms with van der Waals surface area (Å²) >= 11 is 5.93. The summed E-state index contributed by atoms with van der Waals surface area (Å²) in [6, 6.07) is 5.24. The second kappa shape index (κ2) is 5.53. The number of aliphatic hydroxyl groups is 1. The highest BCUT2D eigenvalue weighted by atomic mass is 35.5. The molecule has 1 aromatic carbocycles. The Labute approximate surface area is 101 Å². The van der Waals surface area contributed by atoms with Crippen molar-refractivity contribution in [3.05, 3.63) is 28.8 Å². The number of hydrogen-bond donors (Lipinski definition) is 1. The van der Waals surface area contributed by atoms with Crippen LogP contribution in [0.4, 0.5) is 0 Å². The van der Waals surface area contributed by atoms with Crippen LogP contribution < -0.4 is 4.74 Å². The molecule has 0 amide bonds. The van der Waals surface area contributed by atoms with Crippen molar-refractivity contribution < 1.29 is 14.6 Å². The maximum absolute atomic E-state index is 10.4. The fourth-order valence-corrected chi connectivity index (χ4v) is 1.77. The zero-order valence-corrected chi connectivity index (χ0v) is 10.5. The molecule has 90 valence electrons. The molecule has 0 saturated heterocycles. The topological polar surface area (TPSA) is 38.7 Å². The van der Waals surface area contributed by atoms with Gasteiger partial charge in [-0.1, -0.05) is 24.6 Å². The summed E-state index contributed by atoms with van der Waals surface area (Å²) in [7, 11) is 3.11. The monoisotopic (exact) mass is 244 g/mol. The molecular weight excluding hydrogens is 228 g/mol. The first-order chi connectivity index (χ1) is 7.57. The normalized spacial score (nSPS) is 14.6. The maximum atomic E-state index is 10.4. The zero-order valence-electron chi connectivity index (χ0n) is 9.79. The van der Waals surface area contributed by atoms with Crippen LogP contribution in [0.1, 0.15) is 18.9 Å². The SMILES string of the molecule is CCC(O)(COC)c1ccc(Cl)c(OC)c1. The predicted molar refractivity (Wildman–Crippen MR) is 64.1 cm³/mol. The Bertz CT molecular complexity index is 354. The van der Waals surface area contributed by atoms with Crippen LogP contribution in [-0.4, -0.2) is 25.9 Å². The minimum Gasteiger partial charge on any atom is -0.495 e. The summed E-state index contributed by atoms with van der Waals surface area (Å²) in [5, 5.41) is 10.9. The van der Waals surface area contributed by atoms with E-state index in [1.807, 2.05) is 6.92 Å². The Kier molecular flexibility index (Phi) is 4.59. The number of hydrogen-bond acceptors (Lipinski definition) is 3. The average Bonchev–Trinajstić information content (AvgIpc) is 2.29. The third-order valence-electron chi connectivity index (χ3n) is 2.66. The maximum Gasteiger partial charge on any atom is 0.137 e. The summed E-state index contributed by atoms with van der Waals surface area (Å²) in [6.07, 6.45) is 0.561. The van der Waals surface area contributed by atoms with E-state index in [0.717, 1.165) is 5.56 Å². The third kappa shape index (κ3) is 2.67. The number of halogens is 1. The molecule has 0 aromatic heterocycles. The van der Waals surface area contributed by atoms with Crippen LogP contribution >= 0.6 is 11.6 Å². The smallest absolute Gasteiger partial charge is 0.137 e. The van der Waals surface area contributed by atoms with E-state index in [9.17, 15) is 5.11 Å². The first-order valence-corrected chi connectivity index (χ1v) is 5.50. The van der Waals surface area contributed by atoms with Crippen molar-refractivity contribution in [2.45, 2.75) is 18.9 Å². The van der Waals surface area contributed by atoms with Gasteiger partial charge in [0.2, 0.25) is 0 Å². The van der Waals surface area contributed by atoms with E-state index >= 15 is 0 Å². The van der Waals surface area contributed by atoms with Gasteiger partial charge in [0.15, 0.2) is 0 Å². The Morgan fingerprint density at radius 3 is 2.56 bits per heavy atom. The van der Waals surface area contributed by atoms with Crippen LogP contribution in [0, 0.1) is 0 Å². The first kappa shape index (κ1) is 13.3. The van der Waals surface area contributed by atoms with E-state index in [-0.39, 0.29) is 6.61 Å². The van der Waals surface area contributed by atoms with Crippen LogP contribution in [-0.2, 0) is 10.3 Å². The summed E-state index contributed by atoms with van der Waals surface area (Å²) in [6.45, 7) is 2.15. The lowest BCUT2D eigenvalue weighted by Gasteiger charge is -2.26. The van der Waals surface area contributed by atoms with Crippen molar-refractivity contribution in [3.63, 3.8) is 0 Å². The largest absolute Gasteiger partial charge is 0.495 e. The lowest BCUT2D eigenvalue weighted by molar-refractivity contribution is -0.0387. The second-order valence-corrected chi connectivity index (χ2v) is 4.07. The molecule has 1 N–H and O–H groups in total. The third-order valence-corrected chi connectivity index (χ3v) is 2.97. The number of rotatable bonds is 5. The standard InChI is InChI=1S/C12H17ClO3/c1-4-12(14,8-15-2)9-5-6-10(13)11(7-9)16-3/h5-7,14H,4,8H2,1-3H3. The van der Waals surface area contributed by atoms with Crippen LogP contribution in [0.2, 0.25) is 5.02 Å². The van der Waals surface area contributed by atoms with Gasteiger partial charge in [0.05, 0.1) is 18.7 Å². The van der Waals surface area contributed by atoms with Crippen molar-refractivity contribution >= 4 is 11.6 Å². The zero-order chi connectivity index (χ0) is 12.2. The number of methoxy groups -OCH3 is 2. The van der Waals surface area contributed by atoms with Crippen LogP contribution in [0.5, 0.6) is 5.75 Å². The molecule has 1 unspecified atom stereocenters. The summed E-state index contributed by atoms with van der Waals surface area (Å²) < 4.78 is 10.2. The van der Waals surface area contributed by atoms with Gasteiger partial charge < -0.3 is 14.6 Å². The predicted octanol–water partition coefficient (Wildman–Crippen LogP) is 2.59. The van der Waals surface area contributed by atoms with Crippen LogP contribution in [0.15, 0.2) is 18.2 Å². The second-order valence-electron chi connectivity index (χ2n) is 3.67. The molecule has 0 fully saturated rings. The average molecular weight is 245 g/mol. The molecule has 3 nitrogen and oxygen atoms in total. The van der Waals surface area contributed by atoms with Crippen molar-refractivity contribution in [1.82, 2.24) is 0 Å². The molecule has 0 saturated carbocycles. The fraction of sp³-hybridized carbons (Fsp3) is 0.500. The van der Waals surface area contributed by atoms with Gasteiger partial charge in [-0.3, -0.25) is 0 Å². The van der Waals surface area contributed by atoms with Crippen molar-refractivity contribution in [2.75, 3.05) is 20.8 Å². The highest BCUT2D eigenvalue weighted by Crippen LogP contribution is 2.32. The molecule has 1 rings (SSSR count). The Morgan fingerprint density at radius 1 is 1.38 bits per heavy atom. The molecule has 1 aromatic rings. The summed E-state index contributed by atoms with van der Waals surface area (Å²) in [5.74, 6) is 0.558. The molecule has 1 atom stereocenters. The van der Waals surface area contributed by atoms with Gasteiger partial charge in [-0.05, 0) is 24.1 Å². The molecular formula is C12H17ClO3. The first-order valence-electron chi connectivity index (χ1n) is 5.12. The molecule has 16 heavy (non-hydrogen) atoms. The Hall–Kier alpha value is -0.770. The van der Waals surface area contributed by atoms with Crippen molar-refractivity contribution in [2.24, 2.45) is 0 Å². The number of benzene rings is 1. The van der Waals surface area contributed by atoms with E-state index < -0.39 is 5.60 Å². The van der Waals surface area contributed by atoms with E-state index in [2.05, 4.69) is 0 Å². The summed E-state index contributed by atoms with van der Waals surface area (Å²) in [4.78, 5) is 0. The lowest BCUT2D eigenvalue weighted by Crippen LogP contribution is -2.30. The van der Waals surface area contributed by atoms with E-state index in [1.165, 1.54) is 0 Å². The summed E-state index contributed by atoms with van der Waals surface area (Å²) in [5.41, 5.74) is -0.245. The highest BCUT2D eigenvalue weighted by Gasteiger charge is 2.27. The quantitative estimate of drug-likeness (QED) is 0.865. The van der Waals surface area contributed by atoms with Gasteiger partial charge in [0.1, 0.15) is 11.4 Å². The van der Waals surface area contributed by atoms with Crippen LogP contribution in [0.25, 0.3) is 0 Å². The molecule has 0 heterocycles. The molecule has 0 bridgehead atoms. The molecule has 4 heteroatoms. The van der Waals surface area contributed by atoms with Gasteiger partial charge in [0.25, 0.3) is 0 Å². The van der Waals surface area contributed by atoms with Gasteiger partial charge in [0, 0.05) is 7.11 Å². The molecule has 0 spiro atoms. The van der Waals surface area contributed by atoms with E-state index in [0.29, 0.717) is 17.2 Å². The van der Waals surface area contributed by atoms with Crippen molar-refractivity contribution in [3.8, 4) is 5.75 Å². The molecule has 0 aliphatic heterocycles. The molecule has 0 aliphatic carbocycles. The van der Waals surface area contributed by atoms with Crippen molar-refractivity contribution in [1.29, 1.82) is 0 Å². The number of ether oxygens (including phenoxy) is 2. The van der Waals surface area contributed by atoms with Gasteiger partial charge in [-0.2, -0.15) is 0 Å². The highest BCUT2D eigenvalue weighted by molar-refractivity contribution is 6.32. The van der Waals surface area contributed by atoms with Gasteiger partial charge >= 0.3 is 0 Å². The van der Waals surface area contributed by atoms with E-state index in [1.54, 1.807) is 32.4 Å².